The van der Waals surface area contributed by atoms with E-state index in [-0.39, 0.29) is 5.92 Å². The molecule has 4 unspecified atom stereocenters. The molecule has 28 heavy (non-hydrogen) atoms. The maximum atomic E-state index is 13.4. The fourth-order valence-electron chi connectivity index (χ4n) is 6.44. The van der Waals surface area contributed by atoms with Gasteiger partial charge in [0.05, 0.1) is 11.4 Å². The molecule has 3 saturated carbocycles. The molecule has 0 N–H and O–H groups in total. The maximum Gasteiger partial charge on any atom is 0.180 e. The molecular formula is C26H25NO. The van der Waals surface area contributed by atoms with E-state index in [1.165, 1.54) is 41.8 Å². The molecule has 3 aliphatic carbocycles. The topological polar surface area (TPSA) is 29.4 Å². The lowest BCUT2D eigenvalue weighted by molar-refractivity contribution is -0.118. The van der Waals surface area contributed by atoms with Crippen LogP contribution < -0.4 is 0 Å². The van der Waals surface area contributed by atoms with Crippen molar-refractivity contribution in [1.29, 1.82) is 0 Å². The molecular weight excluding hydrogens is 342 g/mol. The lowest BCUT2D eigenvalue weighted by Crippen LogP contribution is -2.33. The van der Waals surface area contributed by atoms with Crippen molar-refractivity contribution in [3.05, 3.63) is 54.6 Å². The Bertz CT molecular complexity index is 1130. The number of aliphatic imine (C=N–C) groups is 1. The van der Waals surface area contributed by atoms with E-state index >= 15 is 0 Å². The number of carbonyl (C=O) groups excluding carboxylic acids is 1. The van der Waals surface area contributed by atoms with Gasteiger partial charge < -0.3 is 0 Å². The SMILES string of the molecule is O=C1C(=Nc2cc3ccccc3c3ccccc23)C2CCCC3CCCC1C32. The average Bonchev–Trinajstić information content (AvgIpc) is 3.02. The zero-order valence-corrected chi connectivity index (χ0v) is 16.1. The van der Waals surface area contributed by atoms with Gasteiger partial charge in [0.15, 0.2) is 5.78 Å². The maximum absolute atomic E-state index is 13.4. The summed E-state index contributed by atoms with van der Waals surface area (Å²) in [6.07, 6.45) is 7.33. The van der Waals surface area contributed by atoms with E-state index in [4.69, 9.17) is 4.99 Å². The Hall–Kier alpha value is -2.48. The molecule has 3 fully saturated rings. The van der Waals surface area contributed by atoms with Crippen LogP contribution in [0.25, 0.3) is 21.5 Å². The summed E-state index contributed by atoms with van der Waals surface area (Å²) in [5.41, 5.74) is 1.86. The summed E-state index contributed by atoms with van der Waals surface area (Å²) in [5, 5.41) is 4.84. The Balaban J connectivity index is 1.55. The second-order valence-electron chi connectivity index (χ2n) is 8.94. The zero-order valence-electron chi connectivity index (χ0n) is 16.1. The van der Waals surface area contributed by atoms with Crippen molar-refractivity contribution in [3.8, 4) is 0 Å². The van der Waals surface area contributed by atoms with E-state index < -0.39 is 0 Å². The number of Topliss-reactive ketones (excluding diaryl/α,β-unsaturated/α-hetero) is 1. The van der Waals surface area contributed by atoms with Gasteiger partial charge in [-0.2, -0.15) is 0 Å². The Morgan fingerprint density at radius 2 is 1.43 bits per heavy atom. The van der Waals surface area contributed by atoms with Gasteiger partial charge in [-0.05, 0) is 46.9 Å². The average molecular weight is 367 g/mol. The Labute approximate surface area is 165 Å². The van der Waals surface area contributed by atoms with Crippen LogP contribution in [0.3, 0.4) is 0 Å². The first-order valence-corrected chi connectivity index (χ1v) is 10.8. The molecule has 0 aliphatic heterocycles. The predicted molar refractivity (Wildman–Crippen MR) is 115 cm³/mol. The van der Waals surface area contributed by atoms with Gasteiger partial charge in [0, 0.05) is 17.2 Å². The number of hydrogen-bond acceptors (Lipinski definition) is 2. The molecule has 0 heterocycles. The first kappa shape index (κ1) is 16.5. The summed E-state index contributed by atoms with van der Waals surface area (Å²) in [4.78, 5) is 18.5. The highest BCUT2D eigenvalue weighted by Gasteiger charge is 2.52. The number of ketones is 1. The van der Waals surface area contributed by atoms with Crippen molar-refractivity contribution in [3.63, 3.8) is 0 Å². The summed E-state index contributed by atoms with van der Waals surface area (Å²) >= 11 is 0. The van der Waals surface area contributed by atoms with E-state index in [1.807, 2.05) is 0 Å². The Morgan fingerprint density at radius 3 is 2.25 bits per heavy atom. The minimum Gasteiger partial charge on any atom is -0.292 e. The third kappa shape index (κ3) is 2.33. The lowest BCUT2D eigenvalue weighted by atomic mass is 9.65. The Morgan fingerprint density at radius 1 is 0.750 bits per heavy atom. The van der Waals surface area contributed by atoms with Gasteiger partial charge in [-0.15, -0.1) is 0 Å². The minimum absolute atomic E-state index is 0.245. The van der Waals surface area contributed by atoms with Crippen molar-refractivity contribution in [1.82, 2.24) is 0 Å². The quantitative estimate of drug-likeness (QED) is 0.453. The van der Waals surface area contributed by atoms with Crippen LogP contribution in [0.15, 0.2) is 59.6 Å². The highest BCUT2D eigenvalue weighted by Crippen LogP contribution is 2.52. The van der Waals surface area contributed by atoms with Gasteiger partial charge in [-0.3, -0.25) is 4.79 Å². The molecule has 0 spiro atoms. The molecule has 4 atom stereocenters. The van der Waals surface area contributed by atoms with Crippen LogP contribution in [0.5, 0.6) is 0 Å². The molecule has 0 bridgehead atoms. The number of benzene rings is 3. The summed E-state index contributed by atoms with van der Waals surface area (Å²) in [5.74, 6) is 2.32. The fourth-order valence-corrected chi connectivity index (χ4v) is 6.44. The van der Waals surface area contributed by atoms with Crippen LogP contribution >= 0.6 is 0 Å². The van der Waals surface area contributed by atoms with Crippen LogP contribution in [-0.4, -0.2) is 11.5 Å². The monoisotopic (exact) mass is 367 g/mol. The molecule has 2 heteroatoms. The molecule has 0 radical (unpaired) electrons. The van der Waals surface area contributed by atoms with E-state index in [9.17, 15) is 4.79 Å². The van der Waals surface area contributed by atoms with Gasteiger partial charge in [-0.25, -0.2) is 4.99 Å². The van der Waals surface area contributed by atoms with Crippen molar-refractivity contribution < 1.29 is 4.79 Å². The Kier molecular flexibility index (Phi) is 3.69. The highest BCUT2D eigenvalue weighted by atomic mass is 16.1. The van der Waals surface area contributed by atoms with Crippen molar-refractivity contribution in [2.24, 2.45) is 28.7 Å². The first-order valence-electron chi connectivity index (χ1n) is 10.8. The molecule has 0 amide bonds. The fraction of sp³-hybridized carbons (Fsp3) is 0.385. The van der Waals surface area contributed by atoms with Gasteiger partial charge in [0.25, 0.3) is 0 Å². The number of carbonyl (C=O) groups is 1. The van der Waals surface area contributed by atoms with E-state index in [0.29, 0.717) is 17.6 Å². The molecule has 3 aromatic rings. The summed E-state index contributed by atoms with van der Waals surface area (Å²) in [7, 11) is 0. The molecule has 6 rings (SSSR count). The van der Waals surface area contributed by atoms with Crippen LogP contribution in [0, 0.1) is 23.7 Å². The highest BCUT2D eigenvalue weighted by molar-refractivity contribution is 6.44. The molecule has 3 aromatic carbocycles. The van der Waals surface area contributed by atoms with Gasteiger partial charge in [-0.1, -0.05) is 74.2 Å². The van der Waals surface area contributed by atoms with Gasteiger partial charge in [0.2, 0.25) is 0 Å². The second kappa shape index (κ2) is 6.27. The minimum atomic E-state index is 0.245. The van der Waals surface area contributed by atoms with E-state index in [2.05, 4.69) is 54.6 Å². The first-order chi connectivity index (χ1) is 13.8. The van der Waals surface area contributed by atoms with Gasteiger partial charge in [0.1, 0.15) is 0 Å². The number of hydrogen-bond donors (Lipinski definition) is 0. The molecule has 140 valence electrons. The van der Waals surface area contributed by atoms with Crippen LogP contribution in [-0.2, 0) is 4.79 Å². The largest absolute Gasteiger partial charge is 0.292 e. The smallest absolute Gasteiger partial charge is 0.180 e. The zero-order chi connectivity index (χ0) is 18.7. The summed E-state index contributed by atoms with van der Waals surface area (Å²) < 4.78 is 0. The van der Waals surface area contributed by atoms with Crippen molar-refractivity contribution >= 4 is 38.7 Å². The molecule has 3 aliphatic rings. The molecule has 0 aromatic heterocycles. The standard InChI is InChI=1S/C26H25NO/c28-26-22-14-6-9-16-8-5-13-21(24(16)22)25(26)27-23-15-17-7-1-2-10-18(17)19-11-3-4-12-20(19)23/h1-4,7,10-12,15-16,21-22,24H,5-6,8-9,13-14H2. The normalized spacial score (nSPS) is 30.9. The second-order valence-corrected chi connectivity index (χ2v) is 8.94. The number of rotatable bonds is 1. The van der Waals surface area contributed by atoms with Gasteiger partial charge >= 0.3 is 0 Å². The number of fused-ring (bicyclic) bond motifs is 3. The predicted octanol–water partition coefficient (Wildman–Crippen LogP) is 6.48. The van der Waals surface area contributed by atoms with Crippen molar-refractivity contribution in [2.75, 3.05) is 0 Å². The number of nitrogens with zero attached hydrogens (tertiary/aromatic N) is 1. The summed E-state index contributed by atoms with van der Waals surface area (Å²) in [6, 6.07) is 19.2. The van der Waals surface area contributed by atoms with Crippen LogP contribution in [0.2, 0.25) is 0 Å². The third-order valence-corrected chi connectivity index (χ3v) is 7.58. The van der Waals surface area contributed by atoms with Crippen LogP contribution in [0.4, 0.5) is 5.69 Å². The molecule has 2 nitrogen and oxygen atoms in total. The van der Waals surface area contributed by atoms with Crippen molar-refractivity contribution in [2.45, 2.75) is 38.5 Å². The molecule has 0 saturated heterocycles. The van der Waals surface area contributed by atoms with E-state index in [1.54, 1.807) is 0 Å². The third-order valence-electron chi connectivity index (χ3n) is 7.58. The summed E-state index contributed by atoms with van der Waals surface area (Å²) in [6.45, 7) is 0. The lowest BCUT2D eigenvalue weighted by Gasteiger charge is -2.39. The van der Waals surface area contributed by atoms with E-state index in [0.717, 1.165) is 35.5 Å². The van der Waals surface area contributed by atoms with Crippen LogP contribution in [0.1, 0.15) is 38.5 Å².